The summed E-state index contributed by atoms with van der Waals surface area (Å²) in [5, 5.41) is 0. The molecule has 0 saturated heterocycles. The Labute approximate surface area is 471 Å². The Hall–Kier alpha value is -8.10. The van der Waals surface area contributed by atoms with Crippen molar-refractivity contribution in [3.05, 3.63) is 246 Å². The normalized spacial score (nSPS) is 11.6. The van der Waals surface area contributed by atoms with E-state index in [2.05, 4.69) is 341 Å². The first-order chi connectivity index (χ1) is 36.4. The second-order valence-corrected chi connectivity index (χ2v) is 26.7. The van der Waals surface area contributed by atoms with Gasteiger partial charge in [-0.05, 0) is 139 Å². The lowest BCUT2D eigenvalue weighted by atomic mass is 9.85. The number of hydrogen-bond donors (Lipinski definition) is 0. The molecule has 0 nitrogen and oxygen atoms in total. The van der Waals surface area contributed by atoms with Gasteiger partial charge in [0.1, 0.15) is 0 Å². The van der Waals surface area contributed by atoms with E-state index in [0.29, 0.717) is 33.4 Å². The van der Waals surface area contributed by atoms with Gasteiger partial charge in [-0.25, -0.2) is 0 Å². The van der Waals surface area contributed by atoms with E-state index in [4.69, 9.17) is 0 Å². The summed E-state index contributed by atoms with van der Waals surface area (Å²) >= 11 is 0. The Morgan fingerprint density at radius 2 is 0.256 bits per heavy atom. The smallest absolute Gasteiger partial charge is 0.0588 e. The molecule has 0 N–H and O–H groups in total. The zero-order valence-electron chi connectivity index (χ0n) is 49.9. The van der Waals surface area contributed by atoms with Crippen LogP contribution in [0.4, 0.5) is 0 Å². The van der Waals surface area contributed by atoms with E-state index in [1.54, 1.807) is 0 Å². The van der Waals surface area contributed by atoms with Crippen molar-refractivity contribution in [2.75, 3.05) is 0 Å². The highest BCUT2D eigenvalue weighted by Gasteiger charge is 2.22. The summed E-state index contributed by atoms with van der Waals surface area (Å²) in [6.45, 7) is 40.1. The highest BCUT2D eigenvalue weighted by atomic mass is 14.2. The van der Waals surface area contributed by atoms with Crippen LogP contribution in [0.5, 0.6) is 0 Å². The van der Waals surface area contributed by atoms with E-state index in [1.165, 1.54) is 33.4 Å². The van der Waals surface area contributed by atoms with Crippen LogP contribution in [0.15, 0.2) is 146 Å². The largest absolute Gasteiger partial charge is 0.0616 e. The topological polar surface area (TPSA) is 0 Å². The number of benzene rings is 7. The Morgan fingerprint density at radius 3 is 0.346 bits per heavy atom. The predicted molar refractivity (Wildman–Crippen MR) is 333 cm³/mol. The molecule has 0 bridgehead atoms. The molecule has 78 heavy (non-hydrogen) atoms. The minimum atomic E-state index is -0.0135. The van der Waals surface area contributed by atoms with Crippen LogP contribution >= 0.6 is 0 Å². The van der Waals surface area contributed by atoms with Crippen LogP contribution < -0.4 is 0 Å². The molecule has 0 amide bonds. The zero-order valence-corrected chi connectivity index (χ0v) is 49.9. The van der Waals surface area contributed by atoms with Crippen molar-refractivity contribution in [3.63, 3.8) is 0 Å². The maximum atomic E-state index is 3.69. The van der Waals surface area contributed by atoms with Crippen LogP contribution in [0.1, 0.15) is 225 Å². The van der Waals surface area contributed by atoms with Gasteiger partial charge in [0.05, 0.1) is 33.4 Å². The highest BCUT2D eigenvalue weighted by molar-refractivity contribution is 5.78. The van der Waals surface area contributed by atoms with Gasteiger partial charge in [0.25, 0.3) is 0 Å². The molecule has 0 aliphatic carbocycles. The van der Waals surface area contributed by atoms with E-state index in [9.17, 15) is 0 Å². The molecule has 0 aliphatic heterocycles. The maximum absolute atomic E-state index is 3.69. The molecule has 0 fully saturated rings. The quantitative estimate of drug-likeness (QED) is 0.133. The Kier molecular flexibility index (Phi) is 16.9. The van der Waals surface area contributed by atoms with Crippen molar-refractivity contribution in [2.24, 2.45) is 0 Å². The molecule has 0 saturated carbocycles. The van der Waals surface area contributed by atoms with Gasteiger partial charge in [-0.1, -0.05) is 268 Å². The Balaban J connectivity index is 1.67. The highest BCUT2D eigenvalue weighted by Crippen LogP contribution is 2.31. The molecular formula is C78H78. The summed E-state index contributed by atoms with van der Waals surface area (Å²) in [5.74, 6) is 43.7. The molecule has 0 unspecified atom stereocenters. The van der Waals surface area contributed by atoms with Crippen molar-refractivity contribution in [3.8, 4) is 71.0 Å². The van der Waals surface area contributed by atoms with Crippen molar-refractivity contribution in [1.29, 1.82) is 0 Å². The van der Waals surface area contributed by atoms with Crippen molar-refractivity contribution in [1.82, 2.24) is 0 Å². The third kappa shape index (κ3) is 15.1. The summed E-state index contributed by atoms with van der Waals surface area (Å²) in [4.78, 5) is 0. The summed E-state index contributed by atoms with van der Waals surface area (Å²) in [6.07, 6.45) is 0. The van der Waals surface area contributed by atoms with Crippen molar-refractivity contribution in [2.45, 2.75) is 157 Å². The number of rotatable bonds is 0. The van der Waals surface area contributed by atoms with Crippen LogP contribution in [-0.2, 0) is 32.5 Å². The average Bonchev–Trinajstić information content (AvgIpc) is 3.38. The molecule has 7 rings (SSSR count). The van der Waals surface area contributed by atoms with Gasteiger partial charge in [-0.3, -0.25) is 0 Å². The van der Waals surface area contributed by atoms with Gasteiger partial charge in [-0.15, -0.1) is 0 Å². The van der Waals surface area contributed by atoms with E-state index in [-0.39, 0.29) is 32.5 Å². The second kappa shape index (κ2) is 22.9. The zero-order chi connectivity index (χ0) is 56.8. The third-order valence-electron chi connectivity index (χ3n) is 14.0. The average molecular weight is 1020 g/mol. The molecule has 0 aromatic heterocycles. The second-order valence-electron chi connectivity index (χ2n) is 26.7. The van der Waals surface area contributed by atoms with Gasteiger partial charge in [0, 0.05) is 33.4 Å². The van der Waals surface area contributed by atoms with Crippen LogP contribution in [0.3, 0.4) is 0 Å². The summed E-state index contributed by atoms with van der Waals surface area (Å²) in [6, 6.07) is 51.3. The van der Waals surface area contributed by atoms with Gasteiger partial charge in [0.2, 0.25) is 0 Å². The van der Waals surface area contributed by atoms with Crippen LogP contribution in [-0.4, -0.2) is 0 Å². The SMILES string of the molecule is CC(C)(C)c1ccc(C#Cc2c(C#Cc3ccc(C(C)(C)C)cc3)c(C#Cc3ccc(C(C)(C)C)cc3)c(C#Cc3ccc(C(C)(C)C)cc3)c(C#Cc3ccc(C(C)(C)C)cc3)c2C#Cc2ccc(C(C)(C)C)cc2)cc1. The number of hydrogen-bond acceptors (Lipinski definition) is 0. The van der Waals surface area contributed by atoms with Crippen LogP contribution in [0.25, 0.3) is 0 Å². The molecule has 0 aliphatic rings. The van der Waals surface area contributed by atoms with Crippen LogP contribution in [0, 0.1) is 71.0 Å². The first-order valence-corrected chi connectivity index (χ1v) is 27.4. The lowest BCUT2D eigenvalue weighted by Gasteiger charge is -2.18. The Morgan fingerprint density at radius 1 is 0.154 bits per heavy atom. The van der Waals surface area contributed by atoms with Gasteiger partial charge >= 0.3 is 0 Å². The molecule has 7 aromatic carbocycles. The fraction of sp³-hybridized carbons (Fsp3) is 0.308. The molecule has 0 atom stereocenters. The fourth-order valence-electron chi connectivity index (χ4n) is 8.63. The van der Waals surface area contributed by atoms with E-state index in [0.717, 1.165) is 33.4 Å². The standard InChI is InChI=1S/C78H78/c1-73(2,3)61-37-19-55(20-38-61)31-49-67-68(50-32-56-21-39-62(40-22-56)74(4,5)6)70(52-34-58-25-43-64(44-26-58)76(10,11)12)72(54-36-60-29-47-66(48-30-60)78(16,17)18)71(53-35-59-27-45-65(46-28-59)77(13,14)15)69(67)51-33-57-23-41-63(42-24-57)75(7,8)9/h19-30,37-48H,1-18H3. The van der Waals surface area contributed by atoms with E-state index in [1.807, 2.05) is 0 Å². The van der Waals surface area contributed by atoms with E-state index >= 15 is 0 Å². The van der Waals surface area contributed by atoms with Gasteiger partial charge < -0.3 is 0 Å². The lowest BCUT2D eigenvalue weighted by molar-refractivity contribution is 0.590. The molecular weight excluding hydrogens is 937 g/mol. The van der Waals surface area contributed by atoms with Gasteiger partial charge in [0.15, 0.2) is 0 Å². The summed E-state index contributed by atoms with van der Waals surface area (Å²) in [7, 11) is 0. The molecule has 0 heteroatoms. The van der Waals surface area contributed by atoms with Crippen LogP contribution in [0.2, 0.25) is 0 Å². The summed E-state index contributed by atoms with van der Waals surface area (Å²) < 4.78 is 0. The Bertz CT molecular complexity index is 3020. The first-order valence-electron chi connectivity index (χ1n) is 27.4. The predicted octanol–water partition coefficient (Wildman–Crippen LogP) is 17.9. The van der Waals surface area contributed by atoms with E-state index < -0.39 is 0 Å². The molecule has 7 aromatic rings. The molecule has 0 spiro atoms. The minimum Gasteiger partial charge on any atom is -0.0616 e. The maximum Gasteiger partial charge on any atom is 0.0588 e. The summed E-state index contributed by atoms with van der Waals surface area (Å²) in [5.41, 5.74) is 16.4. The van der Waals surface area contributed by atoms with Gasteiger partial charge in [-0.2, -0.15) is 0 Å². The molecule has 0 radical (unpaired) electrons. The minimum absolute atomic E-state index is 0.0135. The van der Waals surface area contributed by atoms with Crippen molar-refractivity contribution < 1.29 is 0 Å². The fourth-order valence-corrected chi connectivity index (χ4v) is 8.63. The monoisotopic (exact) mass is 1010 g/mol. The van der Waals surface area contributed by atoms with Crippen molar-refractivity contribution >= 4 is 0 Å². The first kappa shape index (κ1) is 57.6. The molecule has 0 heterocycles. The molecule has 390 valence electrons. The lowest BCUT2D eigenvalue weighted by Crippen LogP contribution is -2.10. The third-order valence-corrected chi connectivity index (χ3v) is 14.0.